The Kier molecular flexibility index (Phi) is 3.28. The van der Waals surface area contributed by atoms with E-state index in [1.54, 1.807) is 0 Å². The predicted octanol–water partition coefficient (Wildman–Crippen LogP) is 1.83. The highest BCUT2D eigenvalue weighted by Gasteiger charge is 2.20. The van der Waals surface area contributed by atoms with Crippen LogP contribution in [0, 0.1) is 0 Å². The summed E-state index contributed by atoms with van der Waals surface area (Å²) >= 11 is 0. The molecule has 1 N–H and O–H groups in total. The van der Waals surface area contributed by atoms with Crippen molar-refractivity contribution in [1.29, 1.82) is 0 Å². The number of anilines is 2. The monoisotopic (exact) mass is 254 g/mol. The highest BCUT2D eigenvalue weighted by atomic mass is 32.2. The Morgan fingerprint density at radius 1 is 1.41 bits per heavy atom. The number of sulfonamides is 1. The van der Waals surface area contributed by atoms with Crippen LogP contribution in [0.3, 0.4) is 0 Å². The normalized spacial score (nSPS) is 14.8. The number of rotatable bonds is 4. The zero-order valence-corrected chi connectivity index (χ0v) is 11.0. The molecule has 0 saturated carbocycles. The van der Waals surface area contributed by atoms with Crippen LogP contribution < -0.4 is 9.62 Å². The zero-order chi connectivity index (χ0) is 12.5. The van der Waals surface area contributed by atoms with Crippen LogP contribution in [0.1, 0.15) is 18.9 Å². The number of nitrogens with zero attached hydrogens (tertiary/aromatic N) is 1. The van der Waals surface area contributed by atoms with Gasteiger partial charge in [0.25, 0.3) is 0 Å². The van der Waals surface area contributed by atoms with Crippen LogP contribution in [0.15, 0.2) is 18.2 Å². The lowest BCUT2D eigenvalue weighted by molar-refractivity contribution is 0.600. The Labute approximate surface area is 103 Å². The van der Waals surface area contributed by atoms with Crippen LogP contribution in [0.5, 0.6) is 0 Å². The molecule has 0 spiro atoms. The Bertz CT molecular complexity index is 511. The van der Waals surface area contributed by atoms with Gasteiger partial charge in [-0.05, 0) is 25.0 Å². The number of benzene rings is 1. The highest BCUT2D eigenvalue weighted by Crippen LogP contribution is 2.32. The second kappa shape index (κ2) is 4.56. The smallest absolute Gasteiger partial charge is 0.232 e. The summed E-state index contributed by atoms with van der Waals surface area (Å²) in [4.78, 5) is 2.15. The first-order chi connectivity index (χ1) is 8.03. The molecule has 0 bridgehead atoms. The molecule has 0 saturated heterocycles. The molecule has 17 heavy (non-hydrogen) atoms. The SMILES string of the molecule is CCCS(=O)(=O)Nc1cccc2c1CCN2C. The molecule has 0 amide bonds. The summed E-state index contributed by atoms with van der Waals surface area (Å²) in [5.74, 6) is 0.173. The summed E-state index contributed by atoms with van der Waals surface area (Å²) in [6, 6.07) is 5.76. The standard InChI is InChI=1S/C12H18N2O2S/c1-3-9-17(15,16)13-11-5-4-6-12-10(11)7-8-14(12)2/h4-6,13H,3,7-9H2,1-2H3. The minimum atomic E-state index is -3.19. The average Bonchev–Trinajstić information content (AvgIpc) is 2.61. The molecule has 4 nitrogen and oxygen atoms in total. The van der Waals surface area contributed by atoms with Gasteiger partial charge in [-0.1, -0.05) is 13.0 Å². The lowest BCUT2D eigenvalue weighted by Gasteiger charge is -2.14. The second-order valence-corrected chi connectivity index (χ2v) is 6.24. The van der Waals surface area contributed by atoms with Gasteiger partial charge in [-0.15, -0.1) is 0 Å². The summed E-state index contributed by atoms with van der Waals surface area (Å²) in [5, 5.41) is 0. The van der Waals surface area contributed by atoms with Crippen LogP contribution >= 0.6 is 0 Å². The zero-order valence-electron chi connectivity index (χ0n) is 10.2. The van der Waals surface area contributed by atoms with E-state index in [0.717, 1.165) is 29.9 Å². The maximum Gasteiger partial charge on any atom is 0.232 e. The number of hydrogen-bond acceptors (Lipinski definition) is 3. The van der Waals surface area contributed by atoms with Gasteiger partial charge in [0, 0.05) is 24.8 Å². The van der Waals surface area contributed by atoms with Crippen LogP contribution in [0.2, 0.25) is 0 Å². The molecule has 5 heteroatoms. The molecule has 0 fully saturated rings. The van der Waals surface area contributed by atoms with Crippen LogP contribution in [-0.4, -0.2) is 27.8 Å². The largest absolute Gasteiger partial charge is 0.374 e. The van der Waals surface area contributed by atoms with Gasteiger partial charge in [-0.2, -0.15) is 0 Å². The van der Waals surface area contributed by atoms with Crippen LogP contribution in [0.4, 0.5) is 11.4 Å². The minimum Gasteiger partial charge on any atom is -0.374 e. The summed E-state index contributed by atoms with van der Waals surface area (Å²) < 4.78 is 26.2. The number of fused-ring (bicyclic) bond motifs is 1. The molecule has 1 aromatic carbocycles. The third-order valence-electron chi connectivity index (χ3n) is 3.00. The van der Waals surface area contributed by atoms with Gasteiger partial charge < -0.3 is 4.90 Å². The minimum absolute atomic E-state index is 0.173. The van der Waals surface area contributed by atoms with E-state index in [0.29, 0.717) is 6.42 Å². The van der Waals surface area contributed by atoms with E-state index in [1.165, 1.54) is 0 Å². The van der Waals surface area contributed by atoms with Gasteiger partial charge in [0.1, 0.15) is 0 Å². The lowest BCUT2D eigenvalue weighted by atomic mass is 10.1. The molecule has 2 rings (SSSR count). The third kappa shape index (κ3) is 2.54. The Hall–Kier alpha value is -1.23. The molecule has 0 aliphatic carbocycles. The molecule has 1 aliphatic rings. The molecule has 0 atom stereocenters. The van der Waals surface area contributed by atoms with Crippen LogP contribution in [0.25, 0.3) is 0 Å². The number of hydrogen-bond donors (Lipinski definition) is 1. The van der Waals surface area contributed by atoms with E-state index in [-0.39, 0.29) is 5.75 Å². The highest BCUT2D eigenvalue weighted by molar-refractivity contribution is 7.92. The van der Waals surface area contributed by atoms with Crippen molar-refractivity contribution < 1.29 is 8.42 Å². The van der Waals surface area contributed by atoms with Gasteiger partial charge in [-0.25, -0.2) is 8.42 Å². The van der Waals surface area contributed by atoms with Crippen molar-refractivity contribution in [3.63, 3.8) is 0 Å². The van der Waals surface area contributed by atoms with Crippen molar-refractivity contribution in [2.24, 2.45) is 0 Å². The van der Waals surface area contributed by atoms with Gasteiger partial charge in [0.15, 0.2) is 0 Å². The Morgan fingerprint density at radius 3 is 2.88 bits per heavy atom. The first-order valence-corrected chi connectivity index (χ1v) is 7.52. The Morgan fingerprint density at radius 2 is 2.18 bits per heavy atom. The van der Waals surface area contributed by atoms with Crippen molar-refractivity contribution in [2.45, 2.75) is 19.8 Å². The molecular formula is C12H18N2O2S. The maximum atomic E-state index is 11.8. The molecule has 0 aromatic heterocycles. The van der Waals surface area contributed by atoms with E-state index in [4.69, 9.17) is 0 Å². The fourth-order valence-electron chi connectivity index (χ4n) is 2.18. The molecule has 1 heterocycles. The lowest BCUT2D eigenvalue weighted by Crippen LogP contribution is -2.17. The van der Waals surface area contributed by atoms with E-state index in [1.807, 2.05) is 32.2 Å². The number of nitrogens with one attached hydrogen (secondary N) is 1. The van der Waals surface area contributed by atoms with E-state index in [2.05, 4.69) is 9.62 Å². The predicted molar refractivity (Wildman–Crippen MR) is 71.1 cm³/mol. The van der Waals surface area contributed by atoms with E-state index < -0.39 is 10.0 Å². The van der Waals surface area contributed by atoms with Crippen molar-refractivity contribution in [3.8, 4) is 0 Å². The fourth-order valence-corrected chi connectivity index (χ4v) is 3.34. The summed E-state index contributed by atoms with van der Waals surface area (Å²) in [5.41, 5.74) is 2.97. The summed E-state index contributed by atoms with van der Waals surface area (Å²) in [6.45, 7) is 2.81. The van der Waals surface area contributed by atoms with Gasteiger partial charge in [0.05, 0.1) is 11.4 Å². The van der Waals surface area contributed by atoms with Crippen LogP contribution in [-0.2, 0) is 16.4 Å². The Balaban J connectivity index is 2.30. The molecule has 94 valence electrons. The second-order valence-electron chi connectivity index (χ2n) is 4.40. The quantitative estimate of drug-likeness (QED) is 0.892. The summed E-state index contributed by atoms with van der Waals surface area (Å²) in [7, 11) is -1.17. The average molecular weight is 254 g/mol. The van der Waals surface area contributed by atoms with Crippen molar-refractivity contribution >= 4 is 21.4 Å². The fraction of sp³-hybridized carbons (Fsp3) is 0.500. The molecule has 0 unspecified atom stereocenters. The molecule has 1 aromatic rings. The topological polar surface area (TPSA) is 49.4 Å². The van der Waals surface area contributed by atoms with Gasteiger partial charge in [0.2, 0.25) is 10.0 Å². The van der Waals surface area contributed by atoms with Gasteiger partial charge in [-0.3, -0.25) is 4.72 Å². The molecule has 1 aliphatic heterocycles. The first-order valence-electron chi connectivity index (χ1n) is 5.87. The molecule has 0 radical (unpaired) electrons. The van der Waals surface area contributed by atoms with Crippen molar-refractivity contribution in [2.75, 3.05) is 29.0 Å². The number of likely N-dealkylation sites (N-methyl/N-ethyl adjacent to an activating group) is 1. The van der Waals surface area contributed by atoms with E-state index >= 15 is 0 Å². The van der Waals surface area contributed by atoms with Crippen molar-refractivity contribution in [3.05, 3.63) is 23.8 Å². The summed E-state index contributed by atoms with van der Waals surface area (Å²) in [6.07, 6.45) is 1.53. The third-order valence-corrected chi connectivity index (χ3v) is 4.47. The molecular weight excluding hydrogens is 236 g/mol. The van der Waals surface area contributed by atoms with Crippen molar-refractivity contribution in [1.82, 2.24) is 0 Å². The first kappa shape index (κ1) is 12.2. The maximum absolute atomic E-state index is 11.8. The van der Waals surface area contributed by atoms with Gasteiger partial charge >= 0.3 is 0 Å². The van der Waals surface area contributed by atoms with E-state index in [9.17, 15) is 8.42 Å².